The van der Waals surface area contributed by atoms with E-state index in [0.717, 1.165) is 11.3 Å². The highest BCUT2D eigenvalue weighted by Crippen LogP contribution is 2.20. The zero-order valence-electron chi connectivity index (χ0n) is 11.4. The van der Waals surface area contributed by atoms with E-state index in [-0.39, 0.29) is 6.04 Å². The summed E-state index contributed by atoms with van der Waals surface area (Å²) in [6.07, 6.45) is -0.864. The first-order chi connectivity index (χ1) is 9.58. The molecule has 0 aliphatic heterocycles. The average molecular weight is 281 g/mol. The lowest BCUT2D eigenvalue weighted by Gasteiger charge is -2.14. The van der Waals surface area contributed by atoms with Gasteiger partial charge >= 0.3 is 0 Å². The van der Waals surface area contributed by atoms with Crippen molar-refractivity contribution in [2.24, 2.45) is 0 Å². The Morgan fingerprint density at radius 2 is 1.95 bits per heavy atom. The molecule has 1 atom stereocenters. The predicted molar refractivity (Wildman–Crippen MR) is 73.3 cm³/mol. The van der Waals surface area contributed by atoms with Crippen molar-refractivity contribution < 1.29 is 13.5 Å². The standard InChI is InChI=1S/C14H17F2N3O/c1-10(11-3-5-12(20-2)6-4-11)17-14-7-8-19(18-14)9-13(15)16/h3-8,10,13H,9H2,1-2H3,(H,17,18)/t10-/m0/s1. The van der Waals surface area contributed by atoms with Crippen molar-refractivity contribution in [2.45, 2.75) is 25.9 Å². The number of benzene rings is 1. The number of alkyl halides is 2. The Hall–Kier alpha value is -2.11. The second-order valence-corrected chi connectivity index (χ2v) is 4.45. The van der Waals surface area contributed by atoms with E-state index in [9.17, 15) is 8.78 Å². The SMILES string of the molecule is COc1ccc([C@H](C)Nc2ccn(CC(F)F)n2)cc1. The van der Waals surface area contributed by atoms with Crippen molar-refractivity contribution in [3.8, 4) is 5.75 Å². The molecule has 0 aliphatic rings. The van der Waals surface area contributed by atoms with Gasteiger partial charge in [0.2, 0.25) is 0 Å². The van der Waals surface area contributed by atoms with Gasteiger partial charge in [0.05, 0.1) is 13.2 Å². The highest BCUT2D eigenvalue weighted by molar-refractivity contribution is 5.38. The van der Waals surface area contributed by atoms with Crippen LogP contribution in [0.25, 0.3) is 0 Å². The fourth-order valence-corrected chi connectivity index (χ4v) is 1.88. The maximum Gasteiger partial charge on any atom is 0.257 e. The molecule has 6 heteroatoms. The number of hydrogen-bond donors (Lipinski definition) is 1. The van der Waals surface area contributed by atoms with Gasteiger partial charge in [-0.25, -0.2) is 8.78 Å². The Morgan fingerprint density at radius 3 is 2.55 bits per heavy atom. The van der Waals surface area contributed by atoms with E-state index >= 15 is 0 Å². The molecule has 1 aromatic carbocycles. The molecule has 108 valence electrons. The molecular weight excluding hydrogens is 264 g/mol. The quantitative estimate of drug-likeness (QED) is 0.882. The number of rotatable bonds is 6. The molecule has 1 heterocycles. The van der Waals surface area contributed by atoms with Crippen LogP contribution in [0.3, 0.4) is 0 Å². The second-order valence-electron chi connectivity index (χ2n) is 4.45. The summed E-state index contributed by atoms with van der Waals surface area (Å²) >= 11 is 0. The molecule has 4 nitrogen and oxygen atoms in total. The Morgan fingerprint density at radius 1 is 1.25 bits per heavy atom. The van der Waals surface area contributed by atoms with Gasteiger partial charge in [-0.3, -0.25) is 4.68 Å². The third kappa shape index (κ3) is 3.69. The summed E-state index contributed by atoms with van der Waals surface area (Å²) in [6.45, 7) is 1.59. The minimum absolute atomic E-state index is 0.0239. The van der Waals surface area contributed by atoms with Crippen LogP contribution in [0.5, 0.6) is 5.75 Å². The summed E-state index contributed by atoms with van der Waals surface area (Å²) in [7, 11) is 1.62. The molecule has 0 spiro atoms. The number of methoxy groups -OCH3 is 1. The fourth-order valence-electron chi connectivity index (χ4n) is 1.88. The number of aromatic nitrogens is 2. The normalized spacial score (nSPS) is 12.4. The number of halogens is 2. The molecule has 1 N–H and O–H groups in total. The van der Waals surface area contributed by atoms with Crippen LogP contribution in [0.15, 0.2) is 36.5 Å². The second kappa shape index (κ2) is 6.36. The number of nitrogens with one attached hydrogen (secondary N) is 1. The van der Waals surface area contributed by atoms with Crippen molar-refractivity contribution in [3.05, 3.63) is 42.1 Å². The molecule has 2 aromatic rings. The summed E-state index contributed by atoms with van der Waals surface area (Å²) in [5.41, 5.74) is 1.06. The van der Waals surface area contributed by atoms with Crippen molar-refractivity contribution >= 4 is 5.82 Å². The van der Waals surface area contributed by atoms with Gasteiger partial charge in [0.15, 0.2) is 0 Å². The molecule has 0 saturated carbocycles. The van der Waals surface area contributed by atoms with Gasteiger partial charge in [0.1, 0.15) is 18.1 Å². The molecule has 0 bridgehead atoms. The van der Waals surface area contributed by atoms with Gasteiger partial charge in [-0.15, -0.1) is 0 Å². The first-order valence-electron chi connectivity index (χ1n) is 6.30. The lowest BCUT2D eigenvalue weighted by atomic mass is 10.1. The summed E-state index contributed by atoms with van der Waals surface area (Å²) in [5.74, 6) is 1.37. The zero-order valence-corrected chi connectivity index (χ0v) is 11.4. The summed E-state index contributed by atoms with van der Waals surface area (Å²) in [4.78, 5) is 0. The largest absolute Gasteiger partial charge is 0.497 e. The van der Waals surface area contributed by atoms with Crippen LogP contribution in [-0.2, 0) is 6.54 Å². The van der Waals surface area contributed by atoms with Crippen molar-refractivity contribution in [1.82, 2.24) is 9.78 Å². The highest BCUT2D eigenvalue weighted by atomic mass is 19.3. The van der Waals surface area contributed by atoms with E-state index in [4.69, 9.17) is 4.74 Å². The number of nitrogens with zero attached hydrogens (tertiary/aromatic N) is 2. The number of anilines is 1. The van der Waals surface area contributed by atoms with Gasteiger partial charge in [0.25, 0.3) is 6.43 Å². The smallest absolute Gasteiger partial charge is 0.257 e. The number of ether oxygens (including phenoxy) is 1. The maximum atomic E-state index is 12.2. The molecule has 0 unspecified atom stereocenters. The lowest BCUT2D eigenvalue weighted by Crippen LogP contribution is -2.10. The Bertz CT molecular complexity index is 540. The molecule has 0 aliphatic carbocycles. The Balaban J connectivity index is 1.99. The molecule has 1 aromatic heterocycles. The maximum absolute atomic E-state index is 12.2. The third-order valence-electron chi connectivity index (χ3n) is 2.95. The van der Waals surface area contributed by atoms with Crippen molar-refractivity contribution in [1.29, 1.82) is 0 Å². The molecule has 0 fully saturated rings. The lowest BCUT2D eigenvalue weighted by molar-refractivity contribution is 0.122. The first-order valence-corrected chi connectivity index (χ1v) is 6.30. The Labute approximate surface area is 116 Å². The molecule has 0 saturated heterocycles. The van der Waals surface area contributed by atoms with Crippen LogP contribution in [-0.4, -0.2) is 23.3 Å². The van der Waals surface area contributed by atoms with Crippen LogP contribution in [0.1, 0.15) is 18.5 Å². The van der Waals surface area contributed by atoms with Crippen molar-refractivity contribution in [2.75, 3.05) is 12.4 Å². The molecule has 2 rings (SSSR count). The Kier molecular flexibility index (Phi) is 4.55. The minimum atomic E-state index is -2.40. The molecule has 0 amide bonds. The molecule has 0 radical (unpaired) electrons. The van der Waals surface area contributed by atoms with Gasteiger partial charge in [0, 0.05) is 12.3 Å². The van der Waals surface area contributed by atoms with Gasteiger partial charge in [-0.1, -0.05) is 12.1 Å². The summed E-state index contributed by atoms with van der Waals surface area (Å²) in [5, 5.41) is 7.22. The van der Waals surface area contributed by atoms with Crippen molar-refractivity contribution in [3.63, 3.8) is 0 Å². The van der Waals surface area contributed by atoms with E-state index < -0.39 is 13.0 Å². The average Bonchev–Trinajstić information content (AvgIpc) is 2.85. The van der Waals surface area contributed by atoms with E-state index in [1.807, 2.05) is 31.2 Å². The van der Waals surface area contributed by atoms with Gasteiger partial charge in [-0.2, -0.15) is 5.10 Å². The fraction of sp³-hybridized carbons (Fsp3) is 0.357. The monoisotopic (exact) mass is 281 g/mol. The summed E-state index contributed by atoms with van der Waals surface area (Å²) < 4.78 is 30.8. The summed E-state index contributed by atoms with van der Waals surface area (Å²) in [6, 6.07) is 9.36. The van der Waals surface area contributed by atoms with Crippen LogP contribution in [0.2, 0.25) is 0 Å². The predicted octanol–water partition coefficient (Wildman–Crippen LogP) is 3.33. The van der Waals surface area contributed by atoms with E-state index in [0.29, 0.717) is 5.82 Å². The molecular formula is C14H17F2N3O. The van der Waals surface area contributed by atoms with E-state index in [1.165, 1.54) is 10.9 Å². The highest BCUT2D eigenvalue weighted by Gasteiger charge is 2.09. The third-order valence-corrected chi connectivity index (χ3v) is 2.95. The number of hydrogen-bond acceptors (Lipinski definition) is 3. The van der Waals surface area contributed by atoms with Crippen LogP contribution < -0.4 is 10.1 Å². The topological polar surface area (TPSA) is 39.1 Å². The van der Waals surface area contributed by atoms with Gasteiger partial charge < -0.3 is 10.1 Å². The van der Waals surface area contributed by atoms with Crippen LogP contribution in [0, 0.1) is 0 Å². The minimum Gasteiger partial charge on any atom is -0.497 e. The van der Waals surface area contributed by atoms with Gasteiger partial charge in [-0.05, 0) is 24.6 Å². The van der Waals surface area contributed by atoms with E-state index in [2.05, 4.69) is 10.4 Å². The molecule has 20 heavy (non-hydrogen) atoms. The van der Waals surface area contributed by atoms with Crippen LogP contribution in [0.4, 0.5) is 14.6 Å². The zero-order chi connectivity index (χ0) is 14.5. The van der Waals surface area contributed by atoms with E-state index in [1.54, 1.807) is 13.2 Å². The van der Waals surface area contributed by atoms with Crippen LogP contribution >= 0.6 is 0 Å². The first kappa shape index (κ1) is 14.3.